The largest absolute Gasteiger partial charge is 0.365 e. The summed E-state index contributed by atoms with van der Waals surface area (Å²) in [5, 5.41) is 10.6. The molecule has 2 heterocycles. The Kier molecular flexibility index (Phi) is 5.21. The molecule has 0 bridgehead atoms. The SMILES string of the molecule is Cn1ncc2cc(Nc3nc(N[C@@H]4CCCC(F)(F)[C@@H]4N)c(F)cc3C(N)=O)ccc21. The summed E-state index contributed by atoms with van der Waals surface area (Å²) in [7, 11) is 1.81. The molecule has 2 aromatic heterocycles. The van der Waals surface area contributed by atoms with E-state index in [9.17, 15) is 18.0 Å². The van der Waals surface area contributed by atoms with Crippen molar-refractivity contribution in [3.8, 4) is 0 Å². The quantitative estimate of drug-likeness (QED) is 0.491. The highest BCUT2D eigenvalue weighted by atomic mass is 19.3. The molecule has 1 amide bonds. The van der Waals surface area contributed by atoms with E-state index in [0.717, 1.165) is 17.0 Å². The number of pyridine rings is 1. The van der Waals surface area contributed by atoms with Crippen molar-refractivity contribution < 1.29 is 18.0 Å². The lowest BCUT2D eigenvalue weighted by Gasteiger charge is -2.36. The second-order valence-electron chi connectivity index (χ2n) is 7.68. The van der Waals surface area contributed by atoms with Gasteiger partial charge in [0.1, 0.15) is 5.82 Å². The number of carbonyl (C=O) groups excluding carboxylic acids is 1. The summed E-state index contributed by atoms with van der Waals surface area (Å²) in [6.45, 7) is 0. The summed E-state index contributed by atoms with van der Waals surface area (Å²) in [4.78, 5) is 16.0. The highest BCUT2D eigenvalue weighted by Crippen LogP contribution is 2.34. The molecule has 1 saturated carbocycles. The van der Waals surface area contributed by atoms with Crippen molar-refractivity contribution >= 4 is 34.1 Å². The highest BCUT2D eigenvalue weighted by molar-refractivity contribution is 5.99. The number of amides is 1. The van der Waals surface area contributed by atoms with E-state index in [1.54, 1.807) is 30.1 Å². The number of nitrogens with one attached hydrogen (secondary N) is 2. The van der Waals surface area contributed by atoms with Gasteiger partial charge in [-0.1, -0.05) is 0 Å². The Morgan fingerprint density at radius 2 is 2.06 bits per heavy atom. The van der Waals surface area contributed by atoms with Gasteiger partial charge in [0.2, 0.25) is 0 Å². The van der Waals surface area contributed by atoms with E-state index >= 15 is 0 Å². The van der Waals surface area contributed by atoms with Crippen LogP contribution in [0.1, 0.15) is 29.6 Å². The van der Waals surface area contributed by atoms with Crippen LogP contribution >= 0.6 is 0 Å². The van der Waals surface area contributed by atoms with Gasteiger partial charge in [0.15, 0.2) is 11.6 Å². The third kappa shape index (κ3) is 4.00. The van der Waals surface area contributed by atoms with Crippen LogP contribution in [0.15, 0.2) is 30.5 Å². The molecule has 11 heteroatoms. The molecular formula is C20H22F3N7O. The first-order valence-corrected chi connectivity index (χ1v) is 9.75. The number of halogens is 3. The normalized spacial score (nSPS) is 20.5. The molecular weight excluding hydrogens is 411 g/mol. The highest BCUT2D eigenvalue weighted by Gasteiger charge is 2.45. The Morgan fingerprint density at radius 3 is 2.81 bits per heavy atom. The Morgan fingerprint density at radius 1 is 1.29 bits per heavy atom. The summed E-state index contributed by atoms with van der Waals surface area (Å²) in [5.74, 6) is -5.12. The van der Waals surface area contributed by atoms with Crippen molar-refractivity contribution in [3.05, 3.63) is 41.8 Å². The molecule has 0 radical (unpaired) electrons. The van der Waals surface area contributed by atoms with E-state index in [-0.39, 0.29) is 30.0 Å². The molecule has 1 aromatic carbocycles. The number of hydrogen-bond acceptors (Lipinski definition) is 6. The van der Waals surface area contributed by atoms with Crippen LogP contribution in [0.4, 0.5) is 30.5 Å². The number of hydrogen-bond donors (Lipinski definition) is 4. The van der Waals surface area contributed by atoms with Crippen LogP contribution in [-0.2, 0) is 7.05 Å². The predicted molar refractivity (Wildman–Crippen MR) is 111 cm³/mol. The molecule has 8 nitrogen and oxygen atoms in total. The summed E-state index contributed by atoms with van der Waals surface area (Å²) < 4.78 is 44.2. The minimum Gasteiger partial charge on any atom is -0.365 e. The number of nitrogens with two attached hydrogens (primary N) is 2. The molecule has 1 aliphatic carbocycles. The predicted octanol–water partition coefficient (Wildman–Crippen LogP) is 2.88. The molecule has 0 saturated heterocycles. The fourth-order valence-electron chi connectivity index (χ4n) is 3.79. The zero-order valence-electron chi connectivity index (χ0n) is 16.7. The zero-order valence-corrected chi connectivity index (χ0v) is 16.7. The molecule has 0 unspecified atom stereocenters. The van der Waals surface area contributed by atoms with Gasteiger partial charge < -0.3 is 22.1 Å². The van der Waals surface area contributed by atoms with E-state index in [2.05, 4.69) is 20.7 Å². The molecule has 0 aliphatic heterocycles. The van der Waals surface area contributed by atoms with E-state index in [4.69, 9.17) is 11.5 Å². The van der Waals surface area contributed by atoms with Crippen LogP contribution < -0.4 is 22.1 Å². The van der Waals surface area contributed by atoms with Crippen molar-refractivity contribution in [1.29, 1.82) is 0 Å². The summed E-state index contributed by atoms with van der Waals surface area (Å²) in [6, 6.07) is 3.91. The van der Waals surface area contributed by atoms with Gasteiger partial charge in [0, 0.05) is 30.6 Å². The fourth-order valence-corrected chi connectivity index (χ4v) is 3.79. The second kappa shape index (κ2) is 7.73. The molecule has 31 heavy (non-hydrogen) atoms. The van der Waals surface area contributed by atoms with Crippen molar-refractivity contribution in [2.24, 2.45) is 18.5 Å². The van der Waals surface area contributed by atoms with Crippen molar-refractivity contribution in [1.82, 2.24) is 14.8 Å². The van der Waals surface area contributed by atoms with E-state index in [1.807, 2.05) is 6.07 Å². The van der Waals surface area contributed by atoms with Gasteiger partial charge in [-0.2, -0.15) is 5.10 Å². The molecule has 6 N–H and O–H groups in total. The number of primary amides is 1. The Balaban J connectivity index is 1.66. The van der Waals surface area contributed by atoms with Gasteiger partial charge in [0.25, 0.3) is 11.8 Å². The lowest BCUT2D eigenvalue weighted by molar-refractivity contribution is -0.0555. The van der Waals surface area contributed by atoms with E-state index < -0.39 is 29.7 Å². The lowest BCUT2D eigenvalue weighted by Crippen LogP contribution is -2.55. The first kappa shape index (κ1) is 20.9. The molecule has 1 fully saturated rings. The van der Waals surface area contributed by atoms with Gasteiger partial charge in [0.05, 0.1) is 23.3 Å². The monoisotopic (exact) mass is 433 g/mol. The van der Waals surface area contributed by atoms with E-state index in [0.29, 0.717) is 12.1 Å². The fraction of sp³-hybridized carbons (Fsp3) is 0.350. The summed E-state index contributed by atoms with van der Waals surface area (Å²) >= 11 is 0. The topological polar surface area (TPSA) is 124 Å². The second-order valence-corrected chi connectivity index (χ2v) is 7.68. The van der Waals surface area contributed by atoms with Gasteiger partial charge in [-0.05, 0) is 37.1 Å². The number of nitrogens with zero attached hydrogens (tertiary/aromatic N) is 3. The number of benzene rings is 1. The molecule has 1 aliphatic rings. The van der Waals surface area contributed by atoms with Crippen LogP contribution in [0.2, 0.25) is 0 Å². The van der Waals surface area contributed by atoms with E-state index in [1.165, 1.54) is 0 Å². The van der Waals surface area contributed by atoms with Gasteiger partial charge in [-0.15, -0.1) is 0 Å². The molecule has 0 spiro atoms. The number of aromatic nitrogens is 3. The summed E-state index contributed by atoms with van der Waals surface area (Å²) in [6.07, 6.45) is 1.95. The third-order valence-electron chi connectivity index (χ3n) is 5.52. The molecule has 164 valence electrons. The molecule has 3 aromatic rings. The lowest BCUT2D eigenvalue weighted by atomic mass is 9.87. The Labute approximate surface area is 175 Å². The first-order chi connectivity index (χ1) is 14.7. The Hall–Kier alpha value is -3.34. The number of aryl methyl sites for hydroxylation is 1. The van der Waals surface area contributed by atoms with Crippen molar-refractivity contribution in [2.45, 2.75) is 37.3 Å². The molecule has 2 atom stereocenters. The minimum absolute atomic E-state index is 0.00391. The zero-order chi connectivity index (χ0) is 22.3. The standard InChI is InChI=1S/C20H22F3N7O/c1-30-15-5-4-11(7-10(15)9-26-30)27-18-12(17(25)31)8-13(21)19(29-18)28-14-3-2-6-20(22,23)16(14)24/h4-5,7-9,14,16H,2-3,6,24H2,1H3,(H2,25,31)(H2,27,28,29)/t14-,16-/m1/s1. The van der Waals surface area contributed by atoms with Crippen LogP contribution in [0.5, 0.6) is 0 Å². The van der Waals surface area contributed by atoms with Gasteiger partial charge in [-0.3, -0.25) is 9.48 Å². The third-order valence-corrected chi connectivity index (χ3v) is 5.52. The van der Waals surface area contributed by atoms with Crippen LogP contribution in [0, 0.1) is 5.82 Å². The van der Waals surface area contributed by atoms with Crippen molar-refractivity contribution in [2.75, 3.05) is 10.6 Å². The maximum absolute atomic E-state index is 14.6. The first-order valence-electron chi connectivity index (χ1n) is 9.75. The van der Waals surface area contributed by atoms with Crippen molar-refractivity contribution in [3.63, 3.8) is 0 Å². The number of anilines is 3. The smallest absolute Gasteiger partial charge is 0.264 e. The maximum Gasteiger partial charge on any atom is 0.264 e. The van der Waals surface area contributed by atoms with Gasteiger partial charge in [-0.25, -0.2) is 18.2 Å². The van der Waals surface area contributed by atoms with Crippen LogP contribution in [-0.4, -0.2) is 38.7 Å². The number of carbonyl (C=O) groups is 1. The molecule has 4 rings (SSSR count). The maximum atomic E-state index is 14.6. The van der Waals surface area contributed by atoms with Gasteiger partial charge >= 0.3 is 0 Å². The summed E-state index contributed by atoms with van der Waals surface area (Å²) in [5.41, 5.74) is 12.4. The number of rotatable bonds is 5. The van der Waals surface area contributed by atoms with Crippen LogP contribution in [0.25, 0.3) is 10.9 Å². The van der Waals surface area contributed by atoms with Crippen LogP contribution in [0.3, 0.4) is 0 Å². The number of alkyl halides is 2. The number of fused-ring (bicyclic) bond motifs is 1. The Bertz CT molecular complexity index is 1150. The average Bonchev–Trinajstić information content (AvgIpc) is 3.07. The minimum atomic E-state index is -3.06. The average molecular weight is 433 g/mol.